The summed E-state index contributed by atoms with van der Waals surface area (Å²) in [4.78, 5) is 38.9. The molecule has 3 heterocycles. The highest BCUT2D eigenvalue weighted by Gasteiger charge is 2.31. The van der Waals surface area contributed by atoms with Crippen molar-refractivity contribution in [1.29, 1.82) is 0 Å². The number of halogens is 3. The predicted molar refractivity (Wildman–Crippen MR) is 136 cm³/mol. The molecule has 204 valence electrons. The Morgan fingerprint density at radius 1 is 1.13 bits per heavy atom. The van der Waals surface area contributed by atoms with Crippen molar-refractivity contribution in [1.82, 2.24) is 25.3 Å². The van der Waals surface area contributed by atoms with Crippen molar-refractivity contribution >= 4 is 12.2 Å². The first kappa shape index (κ1) is 27.4. The number of alkyl halides is 3. The number of aromatic amines is 3. The lowest BCUT2D eigenvalue weighted by atomic mass is 9.96. The Morgan fingerprint density at radius 2 is 1.84 bits per heavy atom. The standard InChI is InChI=1S/C26H30F3N5O4/c1-4-17(21-13-37-9-8-30-21)23-31-18(22(34-23)14(2)3)12-20-25(36)32-19(24(35)33-20)11-15-6-5-7-16(10-15)38-26(27,28)29/h5-7,10-12,14,17,21,30H,4,8-9,13H2,1-3H3,(H,31,34)(H,32,36)(H,33,35)/b19-11-,20-12-. The summed E-state index contributed by atoms with van der Waals surface area (Å²) in [5, 5.41) is 3.36. The van der Waals surface area contributed by atoms with Crippen LogP contribution >= 0.6 is 0 Å². The van der Waals surface area contributed by atoms with Crippen molar-refractivity contribution in [3.63, 3.8) is 0 Å². The SMILES string of the molecule is CCC(c1nc(/C=c2\[nH]c(=O)/c(=C/c3cccc(OC(F)(F)F)c3)[nH]c2=O)c(C(C)C)[nH]1)C1COCCN1. The number of H-pyrrole nitrogens is 3. The van der Waals surface area contributed by atoms with Gasteiger partial charge in [-0.25, -0.2) is 4.98 Å². The highest BCUT2D eigenvalue weighted by atomic mass is 19.4. The fourth-order valence-corrected chi connectivity index (χ4v) is 4.46. The number of rotatable bonds is 7. The molecule has 2 unspecified atom stereocenters. The number of hydrogen-bond donors (Lipinski definition) is 4. The normalized spacial score (nSPS) is 18.2. The second-order valence-corrected chi connectivity index (χ2v) is 9.37. The van der Waals surface area contributed by atoms with Crippen molar-refractivity contribution in [2.24, 2.45) is 0 Å². The molecule has 1 aliphatic heterocycles. The smallest absolute Gasteiger partial charge is 0.406 e. The van der Waals surface area contributed by atoms with E-state index in [2.05, 4.69) is 31.9 Å². The maximum atomic E-state index is 12.9. The van der Waals surface area contributed by atoms with E-state index in [0.29, 0.717) is 18.9 Å². The summed E-state index contributed by atoms with van der Waals surface area (Å²) in [5.41, 5.74) is 0.421. The van der Waals surface area contributed by atoms with E-state index >= 15 is 0 Å². The second kappa shape index (κ2) is 11.4. The molecule has 0 spiro atoms. The van der Waals surface area contributed by atoms with Crippen LogP contribution in [0.2, 0.25) is 0 Å². The van der Waals surface area contributed by atoms with Crippen LogP contribution < -0.4 is 31.9 Å². The van der Waals surface area contributed by atoms with E-state index < -0.39 is 23.2 Å². The van der Waals surface area contributed by atoms with Gasteiger partial charge in [0.2, 0.25) is 0 Å². The highest BCUT2D eigenvalue weighted by Crippen LogP contribution is 2.27. The third kappa shape index (κ3) is 6.62. The van der Waals surface area contributed by atoms with Gasteiger partial charge in [-0.05, 0) is 42.2 Å². The molecule has 0 radical (unpaired) electrons. The van der Waals surface area contributed by atoms with Gasteiger partial charge in [0.05, 0.1) is 18.9 Å². The fraction of sp³-hybridized carbons (Fsp3) is 0.423. The second-order valence-electron chi connectivity index (χ2n) is 9.37. The molecular formula is C26H30F3N5O4. The van der Waals surface area contributed by atoms with Gasteiger partial charge >= 0.3 is 6.36 Å². The van der Waals surface area contributed by atoms with Crippen LogP contribution in [-0.4, -0.2) is 52.1 Å². The Labute approximate surface area is 215 Å². The molecule has 1 aliphatic rings. The molecule has 4 N–H and O–H groups in total. The van der Waals surface area contributed by atoms with E-state index in [-0.39, 0.29) is 34.1 Å². The van der Waals surface area contributed by atoms with Gasteiger partial charge in [-0.15, -0.1) is 13.2 Å². The first-order valence-electron chi connectivity index (χ1n) is 12.4. The number of imidazole rings is 1. The molecule has 0 bridgehead atoms. The average molecular weight is 534 g/mol. The van der Waals surface area contributed by atoms with Gasteiger partial charge in [0.25, 0.3) is 11.1 Å². The predicted octanol–water partition coefficient (Wildman–Crippen LogP) is 1.95. The number of hydrogen-bond acceptors (Lipinski definition) is 6. The number of nitrogens with one attached hydrogen (secondary N) is 4. The van der Waals surface area contributed by atoms with Crippen molar-refractivity contribution in [2.75, 3.05) is 19.8 Å². The first-order valence-corrected chi connectivity index (χ1v) is 12.4. The molecule has 2 aromatic heterocycles. The van der Waals surface area contributed by atoms with Crippen LogP contribution in [0.25, 0.3) is 12.2 Å². The molecule has 1 saturated heterocycles. The molecular weight excluding hydrogens is 503 g/mol. The molecule has 0 saturated carbocycles. The molecule has 4 rings (SSSR count). The minimum atomic E-state index is -4.85. The van der Waals surface area contributed by atoms with Crippen LogP contribution in [0.5, 0.6) is 5.75 Å². The zero-order valence-corrected chi connectivity index (χ0v) is 21.2. The third-order valence-corrected chi connectivity index (χ3v) is 6.25. The topological polar surface area (TPSA) is 125 Å². The van der Waals surface area contributed by atoms with Crippen molar-refractivity contribution in [3.05, 3.63) is 78.4 Å². The molecule has 1 fully saturated rings. The molecule has 2 atom stereocenters. The summed E-state index contributed by atoms with van der Waals surface area (Å²) in [6.45, 7) is 8.07. The molecule has 3 aromatic rings. The van der Waals surface area contributed by atoms with Gasteiger partial charge in [0.1, 0.15) is 22.3 Å². The molecule has 1 aromatic carbocycles. The zero-order valence-electron chi connectivity index (χ0n) is 21.2. The van der Waals surface area contributed by atoms with Gasteiger partial charge in [0.15, 0.2) is 0 Å². The molecule has 12 heteroatoms. The monoisotopic (exact) mass is 533 g/mol. The molecule has 0 amide bonds. The van der Waals surface area contributed by atoms with E-state index in [1.165, 1.54) is 24.3 Å². The summed E-state index contributed by atoms with van der Waals surface area (Å²) in [7, 11) is 0. The van der Waals surface area contributed by atoms with Crippen LogP contribution in [0.1, 0.15) is 61.8 Å². The summed E-state index contributed by atoms with van der Waals surface area (Å²) >= 11 is 0. The van der Waals surface area contributed by atoms with E-state index in [4.69, 9.17) is 9.72 Å². The lowest BCUT2D eigenvalue weighted by Gasteiger charge is -2.29. The van der Waals surface area contributed by atoms with E-state index in [0.717, 1.165) is 36.6 Å². The van der Waals surface area contributed by atoms with Gasteiger partial charge in [-0.3, -0.25) is 9.59 Å². The molecule has 9 nitrogen and oxygen atoms in total. The quantitative estimate of drug-likeness (QED) is 0.368. The van der Waals surface area contributed by atoms with E-state index in [9.17, 15) is 22.8 Å². The number of morpholine rings is 1. The zero-order chi connectivity index (χ0) is 27.4. The van der Waals surface area contributed by atoms with Gasteiger partial charge < -0.3 is 29.7 Å². The molecule has 38 heavy (non-hydrogen) atoms. The van der Waals surface area contributed by atoms with E-state index in [1.807, 2.05) is 13.8 Å². The van der Waals surface area contributed by atoms with E-state index in [1.54, 1.807) is 0 Å². The van der Waals surface area contributed by atoms with Crippen LogP contribution in [0.4, 0.5) is 13.2 Å². The van der Waals surface area contributed by atoms with Crippen molar-refractivity contribution in [2.45, 2.75) is 51.4 Å². The average Bonchev–Trinajstić information content (AvgIpc) is 3.26. The number of nitrogens with zero attached hydrogens (tertiary/aromatic N) is 1. The van der Waals surface area contributed by atoms with Gasteiger partial charge in [-0.2, -0.15) is 0 Å². The summed E-state index contributed by atoms with van der Waals surface area (Å²) in [6, 6.07) is 5.19. The summed E-state index contributed by atoms with van der Waals surface area (Å²) < 4.78 is 47.1. The van der Waals surface area contributed by atoms with Crippen molar-refractivity contribution in [3.8, 4) is 5.75 Å². The number of ether oxygens (including phenoxy) is 2. The lowest BCUT2D eigenvalue weighted by molar-refractivity contribution is -0.274. The third-order valence-electron chi connectivity index (χ3n) is 6.25. The minimum Gasteiger partial charge on any atom is -0.406 e. The maximum absolute atomic E-state index is 12.9. The largest absolute Gasteiger partial charge is 0.573 e. The van der Waals surface area contributed by atoms with Crippen LogP contribution in [0.3, 0.4) is 0 Å². The van der Waals surface area contributed by atoms with Crippen LogP contribution in [-0.2, 0) is 4.74 Å². The number of benzene rings is 1. The van der Waals surface area contributed by atoms with Gasteiger partial charge in [0, 0.05) is 24.2 Å². The van der Waals surface area contributed by atoms with Crippen LogP contribution in [0.15, 0.2) is 33.9 Å². The number of aromatic nitrogens is 4. The Morgan fingerprint density at radius 3 is 2.45 bits per heavy atom. The van der Waals surface area contributed by atoms with Gasteiger partial charge in [-0.1, -0.05) is 32.9 Å². The summed E-state index contributed by atoms with van der Waals surface area (Å²) in [6.07, 6.45) is -1.23. The Hall–Kier alpha value is -3.64. The Kier molecular flexibility index (Phi) is 8.22. The minimum absolute atomic E-state index is 0.00780. The molecule has 0 aliphatic carbocycles. The Bertz CT molecular complexity index is 1500. The lowest BCUT2D eigenvalue weighted by Crippen LogP contribution is -2.46. The highest BCUT2D eigenvalue weighted by molar-refractivity contribution is 5.51. The summed E-state index contributed by atoms with van der Waals surface area (Å²) in [5.74, 6) is 0.475. The maximum Gasteiger partial charge on any atom is 0.573 e. The van der Waals surface area contributed by atoms with Crippen molar-refractivity contribution < 1.29 is 22.6 Å². The van der Waals surface area contributed by atoms with Crippen LogP contribution in [0, 0.1) is 0 Å². The first-order chi connectivity index (χ1) is 18.0. The fourth-order valence-electron chi connectivity index (χ4n) is 4.46. The Balaban J connectivity index is 1.71.